The Morgan fingerprint density at radius 2 is 0.634 bits per heavy atom. The number of hydrogen-bond acceptors (Lipinski definition) is 2. The van der Waals surface area contributed by atoms with Crippen LogP contribution in [0.5, 0.6) is 0 Å². The molecule has 2 aromatic heterocycles. The number of rotatable bonds is 7. The fourth-order valence-electron chi connectivity index (χ4n) is 20.8. The Kier molecular flexibility index (Phi) is 13.1. The maximum absolute atomic E-state index is 7.79. The van der Waals surface area contributed by atoms with Crippen LogP contribution in [0.3, 0.4) is 0 Å². The molecule has 0 unspecified atom stereocenters. The van der Waals surface area contributed by atoms with Crippen LogP contribution < -0.4 is 0 Å². The highest BCUT2D eigenvalue weighted by molar-refractivity contribution is 6.32. The van der Waals surface area contributed by atoms with Crippen molar-refractivity contribution in [3.05, 3.63) is 374 Å². The highest BCUT2D eigenvalue weighted by atomic mass is 16.3. The van der Waals surface area contributed by atoms with E-state index in [1.807, 2.05) is 0 Å². The monoisotopic (exact) mass is 1420 g/mol. The van der Waals surface area contributed by atoms with Crippen molar-refractivity contribution < 1.29 is 8.83 Å². The summed E-state index contributed by atoms with van der Waals surface area (Å²) in [5, 5.41) is 23.7. The van der Waals surface area contributed by atoms with E-state index in [2.05, 4.69) is 380 Å². The van der Waals surface area contributed by atoms with E-state index in [1.54, 1.807) is 0 Å². The Labute approximate surface area is 647 Å². The summed E-state index contributed by atoms with van der Waals surface area (Å²) in [6.45, 7) is 9.71. The Morgan fingerprint density at radius 3 is 1.21 bits per heavy atom. The fraction of sp³-hybridized carbons (Fsp3) is 0.0545. The SMILES string of the molecule is CC1(C)c2ccccc2-c2c1cc(-c1c3ccccc3c(-c3ccc(-c4ccccc4)c4ccccc34)c3ccccc13)c1oc3c4ccc(-c5ccc6c(c5)C(C)(C)c5c-6cc6c(oc7ccc8ccccc8c76)c5-c5c6ccccc6c(-c6ccc(-c7ccccc7)c7ccccc67)c6ccccc56)cc4ccc3c21. The van der Waals surface area contributed by atoms with Crippen LogP contribution in [0.15, 0.2) is 361 Å². The lowest BCUT2D eigenvalue weighted by atomic mass is 9.75. The minimum absolute atomic E-state index is 0.293. The minimum atomic E-state index is -0.489. The first-order valence-corrected chi connectivity index (χ1v) is 39.3. The summed E-state index contributed by atoms with van der Waals surface area (Å²) in [5.41, 5.74) is 29.8. The normalized spacial score (nSPS) is 13.5. The molecule has 0 fully saturated rings. The predicted molar refractivity (Wildman–Crippen MR) is 474 cm³/mol. The summed E-state index contributed by atoms with van der Waals surface area (Å²) in [6, 6.07) is 132. The van der Waals surface area contributed by atoms with Crippen molar-refractivity contribution in [1.29, 1.82) is 0 Å². The van der Waals surface area contributed by atoms with E-state index in [9.17, 15) is 0 Å². The molecule has 0 saturated carbocycles. The van der Waals surface area contributed by atoms with Crippen LogP contribution in [0.1, 0.15) is 49.9 Å². The van der Waals surface area contributed by atoms with Gasteiger partial charge in [0.1, 0.15) is 22.3 Å². The van der Waals surface area contributed by atoms with Crippen molar-refractivity contribution >= 4 is 130 Å². The Balaban J connectivity index is 0.695. The van der Waals surface area contributed by atoms with Gasteiger partial charge in [0.05, 0.1) is 0 Å². The highest BCUT2D eigenvalue weighted by Crippen LogP contribution is 2.61. The first-order chi connectivity index (χ1) is 55.1. The molecule has 0 radical (unpaired) electrons. The van der Waals surface area contributed by atoms with Crippen LogP contribution in [0, 0.1) is 0 Å². The summed E-state index contributed by atoms with van der Waals surface area (Å²) >= 11 is 0. The highest BCUT2D eigenvalue weighted by Gasteiger charge is 2.43. The van der Waals surface area contributed by atoms with E-state index in [0.717, 1.165) is 66.0 Å². The molecule has 0 spiro atoms. The maximum Gasteiger partial charge on any atom is 0.143 e. The number of fused-ring (bicyclic) bond motifs is 23. The third-order valence-corrected chi connectivity index (χ3v) is 25.8. The van der Waals surface area contributed by atoms with Gasteiger partial charge >= 0.3 is 0 Å². The second kappa shape index (κ2) is 23.3. The fourth-order valence-corrected chi connectivity index (χ4v) is 20.8. The van der Waals surface area contributed by atoms with Gasteiger partial charge in [0, 0.05) is 60.0 Å². The number of furan rings is 2. The Hall–Kier alpha value is -13.9. The molecular weight excluding hydrogens is 1350 g/mol. The molecular formula is C110H70O2. The Morgan fingerprint density at radius 1 is 0.188 bits per heavy atom. The minimum Gasteiger partial charge on any atom is -0.455 e. The molecule has 2 nitrogen and oxygen atoms in total. The van der Waals surface area contributed by atoms with Crippen molar-refractivity contribution in [3.63, 3.8) is 0 Å². The molecule has 0 bridgehead atoms. The number of benzene rings is 20. The molecule has 0 N–H and O–H groups in total. The average molecular weight is 1420 g/mol. The first-order valence-electron chi connectivity index (χ1n) is 39.3. The molecule has 2 aliphatic carbocycles. The van der Waals surface area contributed by atoms with Gasteiger partial charge in [-0.05, 0) is 223 Å². The van der Waals surface area contributed by atoms with Gasteiger partial charge in [-0.1, -0.05) is 337 Å². The standard InChI is InChI=1S/C110H70O2/c1-109(2)93-46-26-25-45-88(93)102-95(109)62-92(99-80-39-19-17-37-78(80)97(79-38-18-20-40-81(79)99)86-56-54-69(63-27-7-5-8-28-63)73-33-13-15-35-75(73)86)107-103(102)89-53-49-68-59-66(47-51-72(68)106(89)112-107)67-48-52-77-90-61-91-100-71-32-12-11-31-65(71)50-58-96(100)111-108(91)104(105(90)110(3,4)94(77)60-67)101-84-43-23-21-41-82(84)98(83-42-22-24-44-85(83)101)87-57-55-70(64-29-9-6-10-30-64)74-34-14-16-36-76(74)87/h5-62H,1-4H3. The summed E-state index contributed by atoms with van der Waals surface area (Å²) in [6.07, 6.45) is 0. The zero-order chi connectivity index (χ0) is 74.0. The zero-order valence-corrected chi connectivity index (χ0v) is 62.3. The van der Waals surface area contributed by atoms with Crippen LogP contribution in [-0.2, 0) is 10.8 Å². The predicted octanol–water partition coefficient (Wildman–Crippen LogP) is 31.0. The number of hydrogen-bond donors (Lipinski definition) is 0. The lowest BCUT2D eigenvalue weighted by Gasteiger charge is -2.27. The van der Waals surface area contributed by atoms with Gasteiger partial charge in [-0.2, -0.15) is 0 Å². The van der Waals surface area contributed by atoms with E-state index < -0.39 is 5.41 Å². The van der Waals surface area contributed by atoms with E-state index >= 15 is 0 Å². The summed E-state index contributed by atoms with van der Waals surface area (Å²) in [5.74, 6) is 0. The van der Waals surface area contributed by atoms with E-state index in [1.165, 1.54) is 186 Å². The van der Waals surface area contributed by atoms with E-state index in [-0.39, 0.29) is 5.41 Å². The molecule has 2 heteroatoms. The summed E-state index contributed by atoms with van der Waals surface area (Å²) < 4.78 is 15.3. The van der Waals surface area contributed by atoms with Crippen LogP contribution in [0.2, 0.25) is 0 Å². The first kappa shape index (κ1) is 63.1. The van der Waals surface area contributed by atoms with Crippen LogP contribution in [-0.4, -0.2) is 0 Å². The topological polar surface area (TPSA) is 26.3 Å². The Bertz CT molecular complexity index is 7800. The molecule has 0 atom stereocenters. The van der Waals surface area contributed by atoms with Gasteiger partial charge in [-0.15, -0.1) is 0 Å². The van der Waals surface area contributed by atoms with Crippen molar-refractivity contribution in [3.8, 4) is 100 Å². The molecule has 20 aromatic carbocycles. The molecule has 522 valence electrons. The zero-order valence-electron chi connectivity index (χ0n) is 62.3. The molecule has 2 aliphatic rings. The largest absolute Gasteiger partial charge is 0.455 e. The molecule has 112 heavy (non-hydrogen) atoms. The molecule has 24 rings (SSSR count). The summed E-state index contributed by atoms with van der Waals surface area (Å²) in [7, 11) is 0. The van der Waals surface area contributed by atoms with E-state index in [0.29, 0.717) is 0 Å². The van der Waals surface area contributed by atoms with Gasteiger partial charge in [0.15, 0.2) is 0 Å². The van der Waals surface area contributed by atoms with Crippen molar-refractivity contribution in [2.45, 2.75) is 38.5 Å². The molecule has 22 aromatic rings. The third kappa shape index (κ3) is 8.69. The van der Waals surface area contributed by atoms with Crippen molar-refractivity contribution in [1.82, 2.24) is 0 Å². The van der Waals surface area contributed by atoms with Crippen molar-refractivity contribution in [2.24, 2.45) is 0 Å². The van der Waals surface area contributed by atoms with Crippen LogP contribution >= 0.6 is 0 Å². The molecule has 0 amide bonds. The van der Waals surface area contributed by atoms with Crippen LogP contribution in [0.4, 0.5) is 0 Å². The third-order valence-electron chi connectivity index (χ3n) is 25.8. The van der Waals surface area contributed by atoms with Gasteiger partial charge in [-0.25, -0.2) is 0 Å². The van der Waals surface area contributed by atoms with Gasteiger partial charge in [-0.3, -0.25) is 0 Å². The van der Waals surface area contributed by atoms with Gasteiger partial charge < -0.3 is 8.83 Å². The molecule has 2 heterocycles. The molecule has 0 saturated heterocycles. The van der Waals surface area contributed by atoms with Gasteiger partial charge in [0.2, 0.25) is 0 Å². The summed E-state index contributed by atoms with van der Waals surface area (Å²) in [4.78, 5) is 0. The smallest absolute Gasteiger partial charge is 0.143 e. The molecule has 0 aliphatic heterocycles. The van der Waals surface area contributed by atoms with E-state index in [4.69, 9.17) is 8.83 Å². The quantitative estimate of drug-likeness (QED) is 0.149. The van der Waals surface area contributed by atoms with Gasteiger partial charge in [0.25, 0.3) is 0 Å². The lowest BCUT2D eigenvalue weighted by Crippen LogP contribution is -2.16. The second-order valence-electron chi connectivity index (χ2n) is 32.2. The maximum atomic E-state index is 7.79. The lowest BCUT2D eigenvalue weighted by molar-refractivity contribution is 0.650. The second-order valence-corrected chi connectivity index (χ2v) is 32.2. The van der Waals surface area contributed by atoms with Crippen molar-refractivity contribution in [2.75, 3.05) is 0 Å². The average Bonchev–Trinajstić information content (AvgIpc) is 1.50. The van der Waals surface area contributed by atoms with Crippen LogP contribution in [0.25, 0.3) is 230 Å².